The number of nitrogen functional groups attached to an aromatic ring is 1. The van der Waals surface area contributed by atoms with E-state index < -0.39 is 29.6 Å². The lowest BCUT2D eigenvalue weighted by atomic mass is 9.91. The van der Waals surface area contributed by atoms with Crippen LogP contribution < -0.4 is 10.6 Å². The van der Waals surface area contributed by atoms with E-state index in [0.29, 0.717) is 23.4 Å². The van der Waals surface area contributed by atoms with E-state index in [2.05, 4.69) is 0 Å². The summed E-state index contributed by atoms with van der Waals surface area (Å²) in [4.78, 5) is 15.5. The summed E-state index contributed by atoms with van der Waals surface area (Å²) in [6.45, 7) is 1.50. The fourth-order valence-electron chi connectivity index (χ4n) is 3.77. The lowest BCUT2D eigenvalue weighted by molar-refractivity contribution is -0.348. The second-order valence-electron chi connectivity index (χ2n) is 7.97. The Kier molecular flexibility index (Phi) is 6.75. The molecule has 2 N–H and O–H groups in total. The molecular formula is C22H22F7N3O2. The lowest BCUT2D eigenvalue weighted by Crippen LogP contribution is -2.51. The Morgan fingerprint density at radius 1 is 1.00 bits per heavy atom. The highest BCUT2D eigenvalue weighted by molar-refractivity contribution is 5.95. The summed E-state index contributed by atoms with van der Waals surface area (Å²) < 4.78 is 99.1. The fourth-order valence-corrected chi connectivity index (χ4v) is 3.77. The maximum atomic E-state index is 14.6. The molecular weight excluding hydrogens is 471 g/mol. The number of ether oxygens (including phenoxy) is 1. The molecule has 34 heavy (non-hydrogen) atoms. The normalized spacial score (nSPS) is 15.0. The Bertz CT molecular complexity index is 1060. The van der Waals surface area contributed by atoms with Crippen molar-refractivity contribution in [1.29, 1.82) is 0 Å². The number of carbonyl (C=O) groups is 1. The summed E-state index contributed by atoms with van der Waals surface area (Å²) in [5.41, 5.74) is 0.546. The number of fused-ring (bicyclic) bond motifs is 1. The zero-order valence-electron chi connectivity index (χ0n) is 18.2. The number of halogens is 7. The van der Waals surface area contributed by atoms with Crippen molar-refractivity contribution in [3.05, 3.63) is 58.7 Å². The number of hydrogen-bond donors (Lipinski definition) is 1. The van der Waals surface area contributed by atoms with Gasteiger partial charge in [-0.3, -0.25) is 4.90 Å². The minimum atomic E-state index is -6.24. The van der Waals surface area contributed by atoms with E-state index in [9.17, 15) is 35.5 Å². The first-order chi connectivity index (χ1) is 15.7. The number of carbonyl (C=O) groups excluding carboxylic acids is 1. The van der Waals surface area contributed by atoms with Gasteiger partial charge in [0.2, 0.25) is 0 Å². The zero-order chi connectivity index (χ0) is 25.5. The Labute approximate surface area is 190 Å². The number of hydrogen-bond acceptors (Lipinski definition) is 3. The van der Waals surface area contributed by atoms with Crippen LogP contribution in [-0.2, 0) is 23.5 Å². The van der Waals surface area contributed by atoms with Crippen LogP contribution in [0.5, 0.6) is 0 Å². The standard InChI is InChI=1S/C22H22F7N3O2/c1-13-9-14(3-5-17(13)30)11-32-18-6-4-16(20(23,21(24,25)26)22(27,28)29)10-15(18)12-31(19(32)33)7-8-34-2/h3-6,9-10H,7-8,11-12,30H2,1-2H3. The monoisotopic (exact) mass is 493 g/mol. The Morgan fingerprint density at radius 3 is 2.21 bits per heavy atom. The molecule has 0 aromatic heterocycles. The zero-order valence-corrected chi connectivity index (χ0v) is 18.2. The van der Waals surface area contributed by atoms with Crippen LogP contribution in [0, 0.1) is 6.92 Å². The van der Waals surface area contributed by atoms with E-state index in [0.717, 1.165) is 11.6 Å². The van der Waals surface area contributed by atoms with Crippen molar-refractivity contribution in [3.8, 4) is 0 Å². The first-order valence-electron chi connectivity index (χ1n) is 10.1. The number of rotatable bonds is 6. The molecule has 3 rings (SSSR count). The number of aryl methyl sites for hydroxylation is 1. The van der Waals surface area contributed by atoms with Crippen LogP contribution in [0.1, 0.15) is 22.3 Å². The highest BCUT2D eigenvalue weighted by atomic mass is 19.4. The van der Waals surface area contributed by atoms with E-state index in [1.165, 1.54) is 16.9 Å². The van der Waals surface area contributed by atoms with E-state index in [4.69, 9.17) is 10.5 Å². The smallest absolute Gasteiger partial charge is 0.399 e. The summed E-state index contributed by atoms with van der Waals surface area (Å²) in [6, 6.07) is 6.30. The van der Waals surface area contributed by atoms with Crippen molar-refractivity contribution in [3.63, 3.8) is 0 Å². The highest BCUT2D eigenvalue weighted by Crippen LogP contribution is 2.53. The second kappa shape index (κ2) is 8.97. The number of methoxy groups -OCH3 is 1. The summed E-state index contributed by atoms with van der Waals surface area (Å²) in [7, 11) is 1.37. The number of amides is 2. The predicted molar refractivity (Wildman–Crippen MR) is 111 cm³/mol. The first kappa shape index (κ1) is 25.6. The average Bonchev–Trinajstić information content (AvgIpc) is 2.74. The molecule has 0 radical (unpaired) electrons. The molecule has 0 saturated carbocycles. The van der Waals surface area contributed by atoms with Gasteiger partial charge >= 0.3 is 24.1 Å². The number of benzene rings is 2. The van der Waals surface area contributed by atoms with Gasteiger partial charge in [-0.1, -0.05) is 18.2 Å². The number of alkyl halides is 7. The quantitative estimate of drug-likeness (QED) is 0.430. The Balaban J connectivity index is 2.10. The third-order valence-electron chi connectivity index (χ3n) is 5.65. The van der Waals surface area contributed by atoms with Crippen LogP contribution in [0.2, 0.25) is 0 Å². The fraction of sp³-hybridized carbons (Fsp3) is 0.409. The average molecular weight is 493 g/mol. The van der Waals surface area contributed by atoms with Crippen LogP contribution in [0.3, 0.4) is 0 Å². The molecule has 0 bridgehead atoms. The third kappa shape index (κ3) is 4.50. The largest absolute Gasteiger partial charge is 0.435 e. The SMILES string of the molecule is COCCN1Cc2cc(C(F)(C(F)(F)F)C(F)(F)F)ccc2N(Cc2ccc(N)c(C)c2)C1=O. The minimum absolute atomic E-state index is 0.0234. The first-order valence-corrected chi connectivity index (χ1v) is 10.1. The molecule has 1 heterocycles. The third-order valence-corrected chi connectivity index (χ3v) is 5.65. The molecule has 5 nitrogen and oxygen atoms in total. The van der Waals surface area contributed by atoms with Crippen molar-refractivity contribution in [2.45, 2.75) is 38.0 Å². The number of nitrogens with two attached hydrogens (primary N) is 1. The molecule has 2 amide bonds. The van der Waals surface area contributed by atoms with Crippen molar-refractivity contribution < 1.29 is 40.3 Å². The van der Waals surface area contributed by atoms with Crippen LogP contribution >= 0.6 is 0 Å². The molecule has 1 aliphatic heterocycles. The Morgan fingerprint density at radius 2 is 1.65 bits per heavy atom. The molecule has 0 atom stereocenters. The molecule has 1 aliphatic rings. The molecule has 186 valence electrons. The summed E-state index contributed by atoms with van der Waals surface area (Å²) in [5.74, 6) is 0. The number of nitrogens with zero attached hydrogens (tertiary/aromatic N) is 2. The van der Waals surface area contributed by atoms with Crippen LogP contribution in [0.25, 0.3) is 0 Å². The topological polar surface area (TPSA) is 58.8 Å². The van der Waals surface area contributed by atoms with Gasteiger partial charge in [-0.25, -0.2) is 9.18 Å². The maximum Gasteiger partial charge on any atom is 0.435 e. The van der Waals surface area contributed by atoms with E-state index in [1.54, 1.807) is 25.1 Å². The summed E-state index contributed by atoms with van der Waals surface area (Å²) in [6.07, 6.45) is -12.5. The van der Waals surface area contributed by atoms with Gasteiger partial charge in [-0.15, -0.1) is 0 Å². The summed E-state index contributed by atoms with van der Waals surface area (Å²) in [5, 5.41) is 0. The predicted octanol–water partition coefficient (Wildman–Crippen LogP) is 5.46. The van der Waals surface area contributed by atoms with E-state index >= 15 is 0 Å². The van der Waals surface area contributed by atoms with Gasteiger partial charge in [-0.05, 0) is 41.8 Å². The minimum Gasteiger partial charge on any atom is -0.399 e. The van der Waals surface area contributed by atoms with Crippen molar-refractivity contribution in [2.24, 2.45) is 0 Å². The van der Waals surface area contributed by atoms with E-state index in [1.807, 2.05) is 0 Å². The van der Waals surface area contributed by atoms with Crippen LogP contribution in [0.4, 0.5) is 46.9 Å². The number of urea groups is 1. The lowest BCUT2D eigenvalue weighted by Gasteiger charge is -2.38. The van der Waals surface area contributed by atoms with Gasteiger partial charge in [0, 0.05) is 31.5 Å². The highest BCUT2D eigenvalue weighted by Gasteiger charge is 2.73. The maximum absolute atomic E-state index is 14.6. The van der Waals surface area contributed by atoms with Gasteiger partial charge in [0.05, 0.1) is 18.8 Å². The molecule has 12 heteroatoms. The Hall–Kier alpha value is -3.02. The van der Waals surface area contributed by atoms with Gasteiger partial charge in [-0.2, -0.15) is 26.3 Å². The van der Waals surface area contributed by atoms with Crippen molar-refractivity contribution >= 4 is 17.4 Å². The van der Waals surface area contributed by atoms with Crippen molar-refractivity contribution in [2.75, 3.05) is 30.9 Å². The molecule has 0 saturated heterocycles. The molecule has 0 fully saturated rings. The summed E-state index contributed by atoms with van der Waals surface area (Å²) >= 11 is 0. The van der Waals surface area contributed by atoms with Crippen LogP contribution in [0.15, 0.2) is 36.4 Å². The van der Waals surface area contributed by atoms with E-state index in [-0.39, 0.29) is 37.5 Å². The van der Waals surface area contributed by atoms with Gasteiger partial charge in [0.25, 0.3) is 0 Å². The molecule has 0 unspecified atom stereocenters. The molecule has 0 aliphatic carbocycles. The van der Waals surface area contributed by atoms with Gasteiger partial charge in [0.15, 0.2) is 0 Å². The van der Waals surface area contributed by atoms with Gasteiger partial charge in [0.1, 0.15) is 0 Å². The molecule has 2 aromatic carbocycles. The second-order valence-corrected chi connectivity index (χ2v) is 7.97. The molecule has 0 spiro atoms. The molecule has 2 aromatic rings. The van der Waals surface area contributed by atoms with Gasteiger partial charge < -0.3 is 15.4 Å². The number of anilines is 2. The van der Waals surface area contributed by atoms with Crippen molar-refractivity contribution in [1.82, 2.24) is 4.90 Å². The van der Waals surface area contributed by atoms with Crippen LogP contribution in [-0.4, -0.2) is 43.5 Å².